The average molecular weight is 368 g/mol. The van der Waals surface area contributed by atoms with E-state index < -0.39 is 0 Å². The van der Waals surface area contributed by atoms with E-state index in [1.54, 1.807) is 36.4 Å². The summed E-state index contributed by atoms with van der Waals surface area (Å²) in [7, 11) is 0. The van der Waals surface area contributed by atoms with E-state index in [1.807, 2.05) is 0 Å². The summed E-state index contributed by atoms with van der Waals surface area (Å²) in [5, 5.41) is 10.7. The Kier molecular flexibility index (Phi) is 4.31. The molecule has 0 radical (unpaired) electrons. The molecule has 7 heteroatoms. The maximum atomic E-state index is 12.1. The zero-order valence-corrected chi connectivity index (χ0v) is 13.7. The van der Waals surface area contributed by atoms with Crippen LogP contribution in [0.3, 0.4) is 0 Å². The van der Waals surface area contributed by atoms with Gasteiger partial charge < -0.3 is 10.1 Å². The van der Waals surface area contributed by atoms with Gasteiger partial charge >= 0.3 is 0 Å². The van der Waals surface area contributed by atoms with Gasteiger partial charge in [0.05, 0.1) is 21.0 Å². The number of phenols is 1. The number of nitrogens with one attached hydrogen (secondary N) is 1. The van der Waals surface area contributed by atoms with E-state index >= 15 is 0 Å². The minimum Gasteiger partial charge on any atom is -0.506 e. The number of nitrogens with zero attached hydrogens (tertiary/aromatic N) is 1. The van der Waals surface area contributed by atoms with Crippen molar-refractivity contribution in [2.75, 3.05) is 0 Å². The zero-order chi connectivity index (χ0) is 16.6. The van der Waals surface area contributed by atoms with Gasteiger partial charge in [-0.3, -0.25) is 4.79 Å². The van der Waals surface area contributed by atoms with Crippen LogP contribution in [0.1, 0.15) is 11.4 Å². The molecule has 0 bridgehead atoms. The van der Waals surface area contributed by atoms with Gasteiger partial charge in [-0.2, -0.15) is 0 Å². The highest BCUT2D eigenvalue weighted by Crippen LogP contribution is 2.27. The number of H-pyrrole nitrogens is 1. The molecule has 3 aromatic rings. The Morgan fingerprint density at radius 1 is 1.17 bits per heavy atom. The van der Waals surface area contributed by atoms with Gasteiger partial charge in [-0.1, -0.05) is 40.9 Å². The number of phenolic OH excluding ortho intramolecular Hbond substituents is 1. The Morgan fingerprint density at radius 3 is 2.70 bits per heavy atom. The molecule has 0 atom stereocenters. The lowest BCUT2D eigenvalue weighted by molar-refractivity contribution is 0.475. The molecule has 0 amide bonds. The second-order valence-corrected chi connectivity index (χ2v) is 6.03. The van der Waals surface area contributed by atoms with Gasteiger partial charge in [-0.25, -0.2) is 4.98 Å². The number of hydrogen-bond donors (Lipinski definition) is 2. The number of fused-ring (bicyclic) bond motifs is 1. The molecular weight excluding hydrogens is 359 g/mol. The van der Waals surface area contributed by atoms with E-state index in [0.29, 0.717) is 21.5 Å². The SMILES string of the molecule is O=c1[nH]c(/C(Cl)=C\c2ccc(O)c(Cl)c2)nc2ccc(Cl)cc12. The Bertz CT molecular complexity index is 996. The van der Waals surface area contributed by atoms with Crippen LogP contribution in [0.5, 0.6) is 5.75 Å². The van der Waals surface area contributed by atoms with Crippen LogP contribution in [0, 0.1) is 0 Å². The van der Waals surface area contributed by atoms with Gasteiger partial charge in [0.1, 0.15) is 5.75 Å². The summed E-state index contributed by atoms with van der Waals surface area (Å²) in [6, 6.07) is 9.50. The fraction of sp³-hybridized carbons (Fsp3) is 0. The van der Waals surface area contributed by atoms with Crippen molar-refractivity contribution in [3.63, 3.8) is 0 Å². The van der Waals surface area contributed by atoms with Gasteiger partial charge in [0.15, 0.2) is 5.82 Å². The molecule has 0 aliphatic rings. The third kappa shape index (κ3) is 3.34. The number of aromatic hydroxyl groups is 1. The minimum atomic E-state index is -0.331. The maximum absolute atomic E-state index is 12.1. The lowest BCUT2D eigenvalue weighted by Gasteiger charge is -2.03. The van der Waals surface area contributed by atoms with Crippen LogP contribution in [-0.4, -0.2) is 15.1 Å². The van der Waals surface area contributed by atoms with Crippen LogP contribution >= 0.6 is 34.8 Å². The van der Waals surface area contributed by atoms with Crippen molar-refractivity contribution in [1.29, 1.82) is 0 Å². The Morgan fingerprint density at radius 2 is 1.96 bits per heavy atom. The largest absolute Gasteiger partial charge is 0.506 e. The van der Waals surface area contributed by atoms with Crippen LogP contribution in [0.2, 0.25) is 10.0 Å². The fourth-order valence-corrected chi connectivity index (χ4v) is 2.63. The molecule has 1 heterocycles. The molecule has 1 aromatic heterocycles. The number of hydrogen-bond acceptors (Lipinski definition) is 3. The van der Waals surface area contributed by atoms with E-state index in [9.17, 15) is 9.90 Å². The number of rotatable bonds is 2. The summed E-state index contributed by atoms with van der Waals surface area (Å²) in [6.07, 6.45) is 1.59. The highest BCUT2D eigenvalue weighted by Gasteiger charge is 2.08. The van der Waals surface area contributed by atoms with Crippen molar-refractivity contribution in [2.45, 2.75) is 0 Å². The topological polar surface area (TPSA) is 66.0 Å². The quantitative estimate of drug-likeness (QED) is 0.691. The number of aromatic amines is 1. The maximum Gasteiger partial charge on any atom is 0.259 e. The lowest BCUT2D eigenvalue weighted by Crippen LogP contribution is -2.10. The number of aromatic nitrogens is 2. The second kappa shape index (κ2) is 6.24. The predicted molar refractivity (Wildman–Crippen MR) is 94.2 cm³/mol. The van der Waals surface area contributed by atoms with Crippen LogP contribution in [-0.2, 0) is 0 Å². The predicted octanol–water partition coefficient (Wildman–Crippen LogP) is 4.67. The minimum absolute atomic E-state index is 0.0194. The van der Waals surface area contributed by atoms with Crippen molar-refractivity contribution in [2.24, 2.45) is 0 Å². The molecule has 0 unspecified atom stereocenters. The summed E-state index contributed by atoms with van der Waals surface area (Å²) in [4.78, 5) is 19.0. The van der Waals surface area contributed by atoms with Crippen molar-refractivity contribution in [1.82, 2.24) is 9.97 Å². The lowest BCUT2D eigenvalue weighted by atomic mass is 10.2. The molecule has 0 saturated heterocycles. The highest BCUT2D eigenvalue weighted by atomic mass is 35.5. The molecular formula is C16H9Cl3N2O2. The van der Waals surface area contributed by atoms with Gasteiger partial charge in [0.25, 0.3) is 5.56 Å². The standard InChI is InChI=1S/C16H9Cl3N2O2/c17-9-2-3-13-10(7-9)16(23)21-15(20-13)12(19)6-8-1-4-14(22)11(18)5-8/h1-7,22H,(H,20,21,23)/b12-6+. The van der Waals surface area contributed by atoms with Gasteiger partial charge in [0.2, 0.25) is 0 Å². The number of benzene rings is 2. The third-order valence-corrected chi connectivity index (χ3v) is 3.98. The smallest absolute Gasteiger partial charge is 0.259 e. The fourth-order valence-electron chi connectivity index (χ4n) is 2.05. The van der Waals surface area contributed by atoms with E-state index in [4.69, 9.17) is 34.8 Å². The Balaban J connectivity index is 2.08. The molecule has 2 aromatic carbocycles. The van der Waals surface area contributed by atoms with E-state index in [1.165, 1.54) is 6.07 Å². The first-order valence-electron chi connectivity index (χ1n) is 6.50. The molecule has 0 saturated carbocycles. The van der Waals surface area contributed by atoms with Crippen LogP contribution in [0.4, 0.5) is 0 Å². The summed E-state index contributed by atoms with van der Waals surface area (Å²) >= 11 is 18.0. The van der Waals surface area contributed by atoms with Crippen molar-refractivity contribution >= 4 is 56.8 Å². The molecule has 2 N–H and O–H groups in total. The third-order valence-electron chi connectivity index (χ3n) is 3.16. The molecule has 0 spiro atoms. The first kappa shape index (κ1) is 15.9. The first-order valence-corrected chi connectivity index (χ1v) is 7.63. The van der Waals surface area contributed by atoms with Crippen molar-refractivity contribution in [3.05, 3.63) is 68.2 Å². The second-order valence-electron chi connectivity index (χ2n) is 4.78. The zero-order valence-electron chi connectivity index (χ0n) is 11.5. The van der Waals surface area contributed by atoms with E-state index in [-0.39, 0.29) is 27.2 Å². The van der Waals surface area contributed by atoms with E-state index in [2.05, 4.69) is 9.97 Å². The summed E-state index contributed by atoms with van der Waals surface area (Å²) in [6.45, 7) is 0. The van der Waals surface area contributed by atoms with E-state index in [0.717, 1.165) is 0 Å². The molecule has 0 aliphatic heterocycles. The Labute approximate surface area is 146 Å². The first-order chi connectivity index (χ1) is 10.9. The molecule has 0 aliphatic carbocycles. The number of halogens is 3. The van der Waals surface area contributed by atoms with Crippen LogP contribution in [0.25, 0.3) is 22.0 Å². The monoisotopic (exact) mass is 366 g/mol. The average Bonchev–Trinajstić information content (AvgIpc) is 2.51. The summed E-state index contributed by atoms with van der Waals surface area (Å²) in [5.74, 6) is 0.213. The summed E-state index contributed by atoms with van der Waals surface area (Å²) < 4.78 is 0. The summed E-state index contributed by atoms with van der Waals surface area (Å²) in [5.41, 5.74) is 0.822. The molecule has 23 heavy (non-hydrogen) atoms. The molecule has 116 valence electrons. The van der Waals surface area contributed by atoms with Crippen LogP contribution < -0.4 is 5.56 Å². The Hall–Kier alpha value is -2.01. The molecule has 3 rings (SSSR count). The van der Waals surface area contributed by atoms with Crippen molar-refractivity contribution < 1.29 is 5.11 Å². The van der Waals surface area contributed by atoms with Crippen molar-refractivity contribution in [3.8, 4) is 5.75 Å². The molecule has 4 nitrogen and oxygen atoms in total. The van der Waals surface area contributed by atoms with Crippen LogP contribution in [0.15, 0.2) is 41.2 Å². The molecule has 0 fully saturated rings. The van der Waals surface area contributed by atoms with Gasteiger partial charge in [-0.15, -0.1) is 0 Å². The van der Waals surface area contributed by atoms with Gasteiger partial charge in [-0.05, 0) is 42.0 Å². The normalized spacial score (nSPS) is 11.9. The van der Waals surface area contributed by atoms with Gasteiger partial charge in [0, 0.05) is 5.02 Å². The highest BCUT2D eigenvalue weighted by molar-refractivity contribution is 6.50.